The third-order valence-electron chi connectivity index (χ3n) is 4.24. The van der Waals surface area contributed by atoms with E-state index >= 15 is 0 Å². The fraction of sp³-hybridized carbons (Fsp3) is 0.400. The molecular formula is C15H17NO3. The summed E-state index contributed by atoms with van der Waals surface area (Å²) >= 11 is 0. The van der Waals surface area contributed by atoms with Crippen molar-refractivity contribution in [1.82, 2.24) is 4.98 Å². The van der Waals surface area contributed by atoms with Crippen LogP contribution >= 0.6 is 0 Å². The van der Waals surface area contributed by atoms with Gasteiger partial charge in [-0.2, -0.15) is 0 Å². The monoisotopic (exact) mass is 259 g/mol. The number of benzene rings is 1. The van der Waals surface area contributed by atoms with Crippen molar-refractivity contribution in [2.75, 3.05) is 7.11 Å². The first-order chi connectivity index (χ1) is 9.06. The molecule has 0 bridgehead atoms. The van der Waals surface area contributed by atoms with Gasteiger partial charge in [0.2, 0.25) is 0 Å². The Bertz CT molecular complexity index is 659. The van der Waals surface area contributed by atoms with Crippen LogP contribution in [0.1, 0.15) is 31.0 Å². The average molecular weight is 259 g/mol. The SMILES string of the molecule is COc1ccc2c3c([nH]c2c1)C(C)(C(=O)O)CCC3. The van der Waals surface area contributed by atoms with Gasteiger partial charge in [-0.3, -0.25) is 4.79 Å². The van der Waals surface area contributed by atoms with Gasteiger partial charge in [-0.15, -0.1) is 0 Å². The van der Waals surface area contributed by atoms with Crippen molar-refractivity contribution in [3.8, 4) is 5.75 Å². The fourth-order valence-electron chi connectivity index (χ4n) is 3.05. The molecule has 4 heteroatoms. The summed E-state index contributed by atoms with van der Waals surface area (Å²) in [7, 11) is 1.63. The Morgan fingerprint density at radius 2 is 2.26 bits per heavy atom. The van der Waals surface area contributed by atoms with Crippen LogP contribution in [0.2, 0.25) is 0 Å². The molecule has 4 nitrogen and oxygen atoms in total. The molecule has 100 valence electrons. The second-order valence-electron chi connectivity index (χ2n) is 5.38. The van der Waals surface area contributed by atoms with Crippen molar-refractivity contribution in [2.24, 2.45) is 0 Å². The molecule has 0 amide bonds. The van der Waals surface area contributed by atoms with Crippen LogP contribution in [-0.4, -0.2) is 23.2 Å². The van der Waals surface area contributed by atoms with E-state index in [0.717, 1.165) is 40.8 Å². The maximum Gasteiger partial charge on any atom is 0.315 e. The first kappa shape index (κ1) is 12.1. The van der Waals surface area contributed by atoms with E-state index in [9.17, 15) is 9.90 Å². The molecule has 1 aromatic carbocycles. The molecular weight excluding hydrogens is 242 g/mol. The predicted molar refractivity (Wildman–Crippen MR) is 72.8 cm³/mol. The molecule has 0 radical (unpaired) electrons. The largest absolute Gasteiger partial charge is 0.497 e. The molecule has 1 aliphatic carbocycles. The summed E-state index contributed by atoms with van der Waals surface area (Å²) in [5, 5.41) is 10.6. The number of rotatable bonds is 2. The zero-order valence-corrected chi connectivity index (χ0v) is 11.1. The lowest BCUT2D eigenvalue weighted by atomic mass is 9.75. The van der Waals surface area contributed by atoms with E-state index in [-0.39, 0.29) is 0 Å². The normalized spacial score (nSPS) is 22.2. The summed E-state index contributed by atoms with van der Waals surface area (Å²) < 4.78 is 5.22. The molecule has 2 N–H and O–H groups in total. The van der Waals surface area contributed by atoms with Crippen LogP contribution in [0.3, 0.4) is 0 Å². The number of hydrogen-bond donors (Lipinski definition) is 2. The number of aryl methyl sites for hydroxylation is 1. The van der Waals surface area contributed by atoms with Crippen molar-refractivity contribution < 1.29 is 14.6 Å². The van der Waals surface area contributed by atoms with Crippen LogP contribution in [0.5, 0.6) is 5.75 Å². The average Bonchev–Trinajstić information content (AvgIpc) is 2.78. The first-order valence-corrected chi connectivity index (χ1v) is 6.49. The van der Waals surface area contributed by atoms with Gasteiger partial charge in [0.25, 0.3) is 0 Å². The van der Waals surface area contributed by atoms with Gasteiger partial charge < -0.3 is 14.8 Å². The highest BCUT2D eigenvalue weighted by Gasteiger charge is 2.41. The highest BCUT2D eigenvalue weighted by atomic mass is 16.5. The maximum atomic E-state index is 11.6. The molecule has 1 atom stereocenters. The fourth-order valence-corrected chi connectivity index (χ4v) is 3.05. The van der Waals surface area contributed by atoms with Gasteiger partial charge in [0, 0.05) is 22.7 Å². The number of ether oxygens (including phenoxy) is 1. The molecule has 0 spiro atoms. The highest BCUT2D eigenvalue weighted by molar-refractivity contribution is 5.90. The van der Waals surface area contributed by atoms with Crippen LogP contribution < -0.4 is 4.74 Å². The Kier molecular flexibility index (Phi) is 2.55. The van der Waals surface area contributed by atoms with Gasteiger partial charge >= 0.3 is 5.97 Å². The third-order valence-corrected chi connectivity index (χ3v) is 4.24. The van der Waals surface area contributed by atoms with Gasteiger partial charge in [-0.1, -0.05) is 0 Å². The topological polar surface area (TPSA) is 62.3 Å². The number of carbonyl (C=O) groups is 1. The molecule has 3 rings (SSSR count). The molecule has 1 aliphatic rings. The summed E-state index contributed by atoms with van der Waals surface area (Å²) in [6, 6.07) is 5.86. The summed E-state index contributed by atoms with van der Waals surface area (Å²) in [4.78, 5) is 14.9. The van der Waals surface area contributed by atoms with E-state index in [1.807, 2.05) is 18.2 Å². The Morgan fingerprint density at radius 1 is 1.47 bits per heavy atom. The van der Waals surface area contributed by atoms with Gasteiger partial charge in [0.05, 0.1) is 7.11 Å². The minimum absolute atomic E-state index is 0.680. The van der Waals surface area contributed by atoms with Crippen LogP contribution in [0.4, 0.5) is 0 Å². The van der Waals surface area contributed by atoms with E-state index in [2.05, 4.69) is 4.98 Å². The lowest BCUT2D eigenvalue weighted by Crippen LogP contribution is -2.36. The molecule has 0 saturated carbocycles. The smallest absolute Gasteiger partial charge is 0.315 e. The molecule has 0 saturated heterocycles. The quantitative estimate of drug-likeness (QED) is 0.871. The number of aromatic amines is 1. The van der Waals surface area contributed by atoms with E-state index in [0.29, 0.717) is 6.42 Å². The van der Waals surface area contributed by atoms with E-state index in [1.165, 1.54) is 0 Å². The number of hydrogen-bond acceptors (Lipinski definition) is 2. The Labute approximate surface area is 111 Å². The predicted octanol–water partition coefficient (Wildman–Crippen LogP) is 2.86. The number of aliphatic carboxylic acids is 1. The molecule has 1 unspecified atom stereocenters. The minimum atomic E-state index is -0.806. The zero-order chi connectivity index (χ0) is 13.6. The Morgan fingerprint density at radius 3 is 2.95 bits per heavy atom. The van der Waals surface area contributed by atoms with Crippen molar-refractivity contribution in [1.29, 1.82) is 0 Å². The number of methoxy groups -OCH3 is 1. The number of nitrogens with one attached hydrogen (secondary N) is 1. The lowest BCUT2D eigenvalue weighted by molar-refractivity contribution is -0.143. The van der Waals surface area contributed by atoms with Crippen LogP contribution in [0.15, 0.2) is 18.2 Å². The van der Waals surface area contributed by atoms with E-state index < -0.39 is 11.4 Å². The zero-order valence-electron chi connectivity index (χ0n) is 11.1. The highest BCUT2D eigenvalue weighted by Crippen LogP contribution is 2.41. The maximum absolute atomic E-state index is 11.6. The molecule has 0 fully saturated rings. The Hall–Kier alpha value is -1.97. The molecule has 2 aromatic rings. The summed E-state index contributed by atoms with van der Waals surface area (Å²) in [5.41, 5.74) is 2.15. The van der Waals surface area contributed by atoms with Crippen molar-refractivity contribution in [3.05, 3.63) is 29.5 Å². The Balaban J connectivity index is 2.26. The van der Waals surface area contributed by atoms with Crippen molar-refractivity contribution in [2.45, 2.75) is 31.6 Å². The second kappa shape index (κ2) is 4.02. The van der Waals surface area contributed by atoms with Gasteiger partial charge in [0.1, 0.15) is 11.2 Å². The number of carboxylic acid groups (broad SMARTS) is 1. The van der Waals surface area contributed by atoms with Gasteiger partial charge in [-0.25, -0.2) is 0 Å². The van der Waals surface area contributed by atoms with Gasteiger partial charge in [-0.05, 0) is 43.9 Å². The number of H-pyrrole nitrogens is 1. The minimum Gasteiger partial charge on any atom is -0.497 e. The molecule has 0 aliphatic heterocycles. The number of aromatic nitrogens is 1. The third kappa shape index (κ3) is 1.63. The molecule has 1 aromatic heterocycles. The van der Waals surface area contributed by atoms with E-state index in [4.69, 9.17) is 4.74 Å². The summed E-state index contributed by atoms with van der Waals surface area (Å²) in [6.45, 7) is 1.81. The standard InChI is InChI=1S/C15H17NO3/c1-15(14(17)18)7-3-4-11-10-6-5-9(19-2)8-12(10)16-13(11)15/h5-6,8,16H,3-4,7H2,1-2H3,(H,17,18). The van der Waals surface area contributed by atoms with Crippen molar-refractivity contribution in [3.63, 3.8) is 0 Å². The van der Waals surface area contributed by atoms with Crippen LogP contribution in [-0.2, 0) is 16.6 Å². The van der Waals surface area contributed by atoms with Gasteiger partial charge in [0.15, 0.2) is 0 Å². The molecule has 19 heavy (non-hydrogen) atoms. The second-order valence-corrected chi connectivity index (χ2v) is 5.38. The van der Waals surface area contributed by atoms with Crippen LogP contribution in [0, 0.1) is 0 Å². The van der Waals surface area contributed by atoms with Crippen molar-refractivity contribution >= 4 is 16.9 Å². The number of fused-ring (bicyclic) bond motifs is 3. The summed E-state index contributed by atoms with van der Waals surface area (Å²) in [6.07, 6.45) is 2.53. The number of carboxylic acids is 1. The first-order valence-electron chi connectivity index (χ1n) is 6.49. The summed E-state index contributed by atoms with van der Waals surface area (Å²) in [5.74, 6) is 0.0232. The lowest BCUT2D eigenvalue weighted by Gasteiger charge is -2.29. The van der Waals surface area contributed by atoms with Crippen LogP contribution in [0.25, 0.3) is 10.9 Å². The molecule has 1 heterocycles. The van der Waals surface area contributed by atoms with E-state index in [1.54, 1.807) is 14.0 Å².